The molecule has 1 N–H and O–H groups in total. The molecule has 1 aliphatic heterocycles. The Kier molecular flexibility index (Phi) is 3.27. The van der Waals surface area contributed by atoms with E-state index in [1.54, 1.807) is 0 Å². The van der Waals surface area contributed by atoms with Gasteiger partial charge in [0.05, 0.1) is 6.10 Å². The van der Waals surface area contributed by atoms with Gasteiger partial charge in [-0.3, -0.25) is 0 Å². The van der Waals surface area contributed by atoms with Crippen molar-refractivity contribution >= 4 is 15.9 Å². The molecule has 3 heteroatoms. The van der Waals surface area contributed by atoms with E-state index in [0.717, 1.165) is 27.3 Å². The van der Waals surface area contributed by atoms with Crippen LogP contribution in [0.5, 0.6) is 5.75 Å². The fourth-order valence-electron chi connectivity index (χ4n) is 3.02. The highest BCUT2D eigenvalue weighted by Crippen LogP contribution is 2.43. The van der Waals surface area contributed by atoms with Crippen LogP contribution in [0.1, 0.15) is 54.1 Å². The van der Waals surface area contributed by atoms with Crippen molar-refractivity contribution in [3.8, 4) is 5.75 Å². The normalized spacial score (nSPS) is 24.3. The van der Waals surface area contributed by atoms with Crippen LogP contribution >= 0.6 is 15.9 Å². The third-order valence-electron chi connectivity index (χ3n) is 4.40. The van der Waals surface area contributed by atoms with Gasteiger partial charge in [0.1, 0.15) is 11.9 Å². The Balaban J connectivity index is 1.61. The Morgan fingerprint density at radius 3 is 2.43 bits per heavy atom. The largest absolute Gasteiger partial charge is 0.485 e. The molecule has 1 aliphatic carbocycles. The van der Waals surface area contributed by atoms with Crippen LogP contribution in [0.25, 0.3) is 0 Å². The van der Waals surface area contributed by atoms with E-state index in [1.807, 2.05) is 18.2 Å². The predicted molar refractivity (Wildman–Crippen MR) is 85.5 cm³/mol. The minimum absolute atomic E-state index is 0.0740. The Labute approximate surface area is 132 Å². The number of hydrogen-bond donors (Lipinski definition) is 1. The van der Waals surface area contributed by atoms with Gasteiger partial charge in [0.25, 0.3) is 0 Å². The van der Waals surface area contributed by atoms with Crippen molar-refractivity contribution in [3.63, 3.8) is 0 Å². The summed E-state index contributed by atoms with van der Waals surface area (Å²) in [4.78, 5) is 0. The van der Waals surface area contributed by atoms with E-state index in [4.69, 9.17) is 4.74 Å². The number of ether oxygens (including phenoxy) is 1. The average molecular weight is 345 g/mol. The van der Waals surface area contributed by atoms with Gasteiger partial charge in [-0.25, -0.2) is 0 Å². The summed E-state index contributed by atoms with van der Waals surface area (Å²) in [5, 5.41) is 10.3. The van der Waals surface area contributed by atoms with Crippen LogP contribution in [0.4, 0.5) is 0 Å². The summed E-state index contributed by atoms with van der Waals surface area (Å²) in [6, 6.07) is 14.5. The van der Waals surface area contributed by atoms with E-state index in [0.29, 0.717) is 6.42 Å². The average Bonchev–Trinajstić information content (AvgIpc) is 3.31. The van der Waals surface area contributed by atoms with Crippen LogP contribution in [0.15, 0.2) is 46.9 Å². The number of aliphatic hydroxyl groups excluding tert-OH is 1. The van der Waals surface area contributed by atoms with E-state index in [-0.39, 0.29) is 6.10 Å². The summed E-state index contributed by atoms with van der Waals surface area (Å²) >= 11 is 3.46. The third kappa shape index (κ3) is 2.60. The summed E-state index contributed by atoms with van der Waals surface area (Å²) in [7, 11) is 0. The highest BCUT2D eigenvalue weighted by molar-refractivity contribution is 9.10. The summed E-state index contributed by atoms with van der Waals surface area (Å²) in [6.45, 7) is 0. The zero-order valence-corrected chi connectivity index (χ0v) is 13.2. The molecule has 4 rings (SSSR count). The number of halogens is 1. The van der Waals surface area contributed by atoms with Crippen LogP contribution in [0.2, 0.25) is 0 Å². The molecular formula is C18H17BrO2. The zero-order chi connectivity index (χ0) is 14.4. The molecule has 1 saturated carbocycles. The second kappa shape index (κ2) is 5.15. The molecule has 0 saturated heterocycles. The Morgan fingerprint density at radius 1 is 1.00 bits per heavy atom. The number of rotatable bonds is 2. The van der Waals surface area contributed by atoms with Gasteiger partial charge in [-0.1, -0.05) is 46.3 Å². The topological polar surface area (TPSA) is 29.5 Å². The van der Waals surface area contributed by atoms with Crippen LogP contribution in [0, 0.1) is 0 Å². The number of fused-ring (bicyclic) bond motifs is 1. The van der Waals surface area contributed by atoms with E-state index in [2.05, 4.69) is 40.2 Å². The number of aliphatic hydroxyl groups is 1. The Hall–Kier alpha value is -1.32. The molecular weight excluding hydrogens is 328 g/mol. The number of benzene rings is 2. The minimum Gasteiger partial charge on any atom is -0.485 e. The molecule has 1 heterocycles. The standard InChI is InChI=1S/C18H17BrO2/c19-14-7-8-15-16(20)10-17(21-18(15)9-14)13-5-3-12(4-6-13)11-1-2-11/h3-9,11,16-17,20H,1-2,10H2/t16-,17?/m0/s1. The van der Waals surface area contributed by atoms with Crippen molar-refractivity contribution in [2.45, 2.75) is 37.4 Å². The van der Waals surface area contributed by atoms with E-state index < -0.39 is 6.10 Å². The monoisotopic (exact) mass is 344 g/mol. The highest BCUT2D eigenvalue weighted by atomic mass is 79.9. The van der Waals surface area contributed by atoms with Crippen LogP contribution < -0.4 is 4.74 Å². The minimum atomic E-state index is -0.463. The molecule has 21 heavy (non-hydrogen) atoms. The van der Waals surface area contributed by atoms with Crippen LogP contribution in [-0.2, 0) is 0 Å². The van der Waals surface area contributed by atoms with Crippen molar-refractivity contribution in [1.29, 1.82) is 0 Å². The van der Waals surface area contributed by atoms with Gasteiger partial charge >= 0.3 is 0 Å². The molecule has 2 nitrogen and oxygen atoms in total. The van der Waals surface area contributed by atoms with E-state index in [9.17, 15) is 5.11 Å². The molecule has 108 valence electrons. The SMILES string of the molecule is O[C@H]1CC(c2ccc(C3CC3)cc2)Oc2cc(Br)ccc21. The van der Waals surface area contributed by atoms with Crippen LogP contribution in [-0.4, -0.2) is 5.11 Å². The number of hydrogen-bond acceptors (Lipinski definition) is 2. The first-order chi connectivity index (χ1) is 10.2. The van der Waals surface area contributed by atoms with Gasteiger partial charge in [0.2, 0.25) is 0 Å². The molecule has 0 bridgehead atoms. The smallest absolute Gasteiger partial charge is 0.127 e. The molecule has 1 unspecified atom stereocenters. The Bertz CT molecular complexity index is 661. The van der Waals surface area contributed by atoms with Gasteiger partial charge in [0, 0.05) is 16.5 Å². The summed E-state index contributed by atoms with van der Waals surface area (Å²) < 4.78 is 7.07. The van der Waals surface area contributed by atoms with Gasteiger partial charge in [0.15, 0.2) is 0 Å². The highest BCUT2D eigenvalue weighted by Gasteiger charge is 2.29. The third-order valence-corrected chi connectivity index (χ3v) is 4.89. The maximum absolute atomic E-state index is 10.3. The molecule has 0 amide bonds. The van der Waals surface area contributed by atoms with Crippen molar-refractivity contribution in [2.24, 2.45) is 0 Å². The first kappa shape index (κ1) is 13.4. The lowest BCUT2D eigenvalue weighted by Gasteiger charge is -2.30. The molecule has 0 aromatic heterocycles. The lowest BCUT2D eigenvalue weighted by atomic mass is 9.94. The molecule has 0 radical (unpaired) electrons. The van der Waals surface area contributed by atoms with E-state index >= 15 is 0 Å². The summed E-state index contributed by atoms with van der Waals surface area (Å²) in [5.41, 5.74) is 3.45. The second-order valence-corrected chi connectivity index (χ2v) is 6.90. The lowest BCUT2D eigenvalue weighted by Crippen LogP contribution is -2.19. The first-order valence-electron chi connectivity index (χ1n) is 7.45. The molecule has 2 aromatic rings. The van der Waals surface area contributed by atoms with Gasteiger partial charge in [-0.05, 0) is 42.0 Å². The summed E-state index contributed by atoms with van der Waals surface area (Å²) in [6.07, 6.45) is 2.71. The van der Waals surface area contributed by atoms with Gasteiger partial charge in [-0.2, -0.15) is 0 Å². The Morgan fingerprint density at radius 2 is 1.71 bits per heavy atom. The quantitative estimate of drug-likeness (QED) is 0.840. The molecule has 2 aliphatic rings. The van der Waals surface area contributed by atoms with E-state index in [1.165, 1.54) is 18.4 Å². The van der Waals surface area contributed by atoms with Gasteiger partial charge in [-0.15, -0.1) is 0 Å². The molecule has 2 atom stereocenters. The first-order valence-corrected chi connectivity index (χ1v) is 8.24. The zero-order valence-electron chi connectivity index (χ0n) is 11.6. The maximum Gasteiger partial charge on any atom is 0.127 e. The van der Waals surface area contributed by atoms with Gasteiger partial charge < -0.3 is 9.84 Å². The molecule has 2 aromatic carbocycles. The summed E-state index contributed by atoms with van der Waals surface area (Å²) in [5.74, 6) is 1.55. The maximum atomic E-state index is 10.3. The van der Waals surface area contributed by atoms with Crippen molar-refractivity contribution < 1.29 is 9.84 Å². The lowest BCUT2D eigenvalue weighted by molar-refractivity contribution is 0.0657. The van der Waals surface area contributed by atoms with Crippen LogP contribution in [0.3, 0.4) is 0 Å². The molecule has 0 spiro atoms. The fourth-order valence-corrected chi connectivity index (χ4v) is 3.36. The predicted octanol–water partition coefficient (Wildman–Crippen LogP) is 4.88. The molecule has 1 fully saturated rings. The second-order valence-electron chi connectivity index (χ2n) is 5.98. The van der Waals surface area contributed by atoms with Crippen molar-refractivity contribution in [3.05, 3.63) is 63.6 Å². The van der Waals surface area contributed by atoms with Crippen molar-refractivity contribution in [2.75, 3.05) is 0 Å². The van der Waals surface area contributed by atoms with Crippen molar-refractivity contribution in [1.82, 2.24) is 0 Å². The fraction of sp³-hybridized carbons (Fsp3) is 0.333.